The first kappa shape index (κ1) is 17.1. The summed E-state index contributed by atoms with van der Waals surface area (Å²) >= 11 is 7.36. The number of halogens is 1. The molecule has 6 heteroatoms. The summed E-state index contributed by atoms with van der Waals surface area (Å²) < 4.78 is 5.40. The van der Waals surface area contributed by atoms with E-state index in [-0.39, 0.29) is 5.91 Å². The van der Waals surface area contributed by atoms with Gasteiger partial charge in [0.05, 0.1) is 30.3 Å². The van der Waals surface area contributed by atoms with Crippen molar-refractivity contribution in [2.75, 3.05) is 42.3 Å². The van der Waals surface area contributed by atoms with Gasteiger partial charge in [-0.3, -0.25) is 4.79 Å². The molecule has 0 bridgehead atoms. The third kappa shape index (κ3) is 4.66. The molecule has 0 aliphatic carbocycles. The number of hydrogen-bond donors (Lipinski definition) is 1. The van der Waals surface area contributed by atoms with Gasteiger partial charge in [0, 0.05) is 23.0 Å². The van der Waals surface area contributed by atoms with Crippen molar-refractivity contribution >= 4 is 40.6 Å². The molecule has 0 aromatic heterocycles. The first-order valence-electron chi connectivity index (χ1n) is 7.82. The molecule has 1 N–H and O–H groups in total. The van der Waals surface area contributed by atoms with Crippen LogP contribution in [0.15, 0.2) is 53.4 Å². The molecule has 0 spiro atoms. The second kappa shape index (κ2) is 8.42. The van der Waals surface area contributed by atoms with Crippen LogP contribution in [-0.2, 0) is 9.53 Å². The molecule has 0 radical (unpaired) electrons. The fraction of sp³-hybridized carbons (Fsp3) is 0.278. The Kier molecular flexibility index (Phi) is 6.01. The van der Waals surface area contributed by atoms with Crippen LogP contribution in [0.25, 0.3) is 0 Å². The largest absolute Gasteiger partial charge is 0.378 e. The van der Waals surface area contributed by atoms with E-state index >= 15 is 0 Å². The zero-order valence-electron chi connectivity index (χ0n) is 13.2. The Morgan fingerprint density at radius 2 is 1.83 bits per heavy atom. The number of ether oxygens (including phenoxy) is 1. The number of rotatable bonds is 5. The number of carbonyl (C=O) groups is 1. The highest BCUT2D eigenvalue weighted by atomic mass is 35.5. The molecule has 0 saturated carbocycles. The summed E-state index contributed by atoms with van der Waals surface area (Å²) in [6.07, 6.45) is 0. The molecule has 1 saturated heterocycles. The maximum absolute atomic E-state index is 12.3. The molecule has 126 valence electrons. The summed E-state index contributed by atoms with van der Waals surface area (Å²) in [4.78, 5) is 15.6. The Balaban J connectivity index is 1.60. The van der Waals surface area contributed by atoms with Crippen molar-refractivity contribution in [1.82, 2.24) is 0 Å². The summed E-state index contributed by atoms with van der Waals surface area (Å²) in [5.41, 5.74) is 1.90. The predicted molar refractivity (Wildman–Crippen MR) is 100 cm³/mol. The number of benzene rings is 2. The van der Waals surface area contributed by atoms with E-state index in [9.17, 15) is 4.79 Å². The standard InChI is InChI=1S/C18H19ClN2O2S/c19-14-5-7-15(8-6-14)24-13-18(22)20-16-3-1-2-4-17(16)21-9-11-23-12-10-21/h1-8H,9-13H2,(H,20,22). The first-order chi connectivity index (χ1) is 11.7. The van der Waals surface area contributed by atoms with Crippen LogP contribution in [0.4, 0.5) is 11.4 Å². The number of hydrogen-bond acceptors (Lipinski definition) is 4. The van der Waals surface area contributed by atoms with Crippen molar-refractivity contribution in [3.05, 3.63) is 53.6 Å². The van der Waals surface area contributed by atoms with Crippen molar-refractivity contribution < 1.29 is 9.53 Å². The van der Waals surface area contributed by atoms with Crippen molar-refractivity contribution in [3.8, 4) is 0 Å². The summed E-state index contributed by atoms with van der Waals surface area (Å²) in [5.74, 6) is 0.342. The van der Waals surface area contributed by atoms with Gasteiger partial charge < -0.3 is 15.0 Å². The molecule has 2 aromatic carbocycles. The minimum absolute atomic E-state index is 0.0179. The summed E-state index contributed by atoms with van der Waals surface area (Å²) in [7, 11) is 0. The van der Waals surface area contributed by atoms with Crippen LogP contribution in [0.1, 0.15) is 0 Å². The van der Waals surface area contributed by atoms with Crippen LogP contribution in [0.5, 0.6) is 0 Å². The van der Waals surface area contributed by atoms with Crippen LogP contribution in [-0.4, -0.2) is 38.0 Å². The maximum Gasteiger partial charge on any atom is 0.234 e. The third-order valence-electron chi connectivity index (χ3n) is 3.71. The van der Waals surface area contributed by atoms with Crippen molar-refractivity contribution in [3.63, 3.8) is 0 Å². The molecule has 24 heavy (non-hydrogen) atoms. The lowest BCUT2D eigenvalue weighted by Crippen LogP contribution is -2.36. The summed E-state index contributed by atoms with van der Waals surface area (Å²) in [6, 6.07) is 15.4. The highest BCUT2D eigenvalue weighted by Crippen LogP contribution is 2.27. The van der Waals surface area contributed by atoms with Crippen LogP contribution >= 0.6 is 23.4 Å². The predicted octanol–water partition coefficient (Wildman–Crippen LogP) is 3.91. The Labute approximate surface area is 151 Å². The highest BCUT2D eigenvalue weighted by Gasteiger charge is 2.15. The van der Waals surface area contributed by atoms with Gasteiger partial charge in [0.1, 0.15) is 0 Å². The average Bonchev–Trinajstić information content (AvgIpc) is 2.62. The first-order valence-corrected chi connectivity index (χ1v) is 9.19. The molecular weight excluding hydrogens is 344 g/mol. The van der Waals surface area contributed by atoms with Crippen molar-refractivity contribution in [2.24, 2.45) is 0 Å². The zero-order chi connectivity index (χ0) is 16.8. The average molecular weight is 363 g/mol. The fourth-order valence-electron chi connectivity index (χ4n) is 2.53. The SMILES string of the molecule is O=C(CSc1ccc(Cl)cc1)Nc1ccccc1N1CCOCC1. The number of amides is 1. The Morgan fingerprint density at radius 3 is 2.58 bits per heavy atom. The topological polar surface area (TPSA) is 41.6 Å². The third-order valence-corrected chi connectivity index (χ3v) is 4.98. The molecule has 0 unspecified atom stereocenters. The number of para-hydroxylation sites is 2. The molecule has 0 atom stereocenters. The normalized spacial score (nSPS) is 14.5. The molecule has 4 nitrogen and oxygen atoms in total. The lowest BCUT2D eigenvalue weighted by Gasteiger charge is -2.30. The van der Waals surface area contributed by atoms with Crippen LogP contribution < -0.4 is 10.2 Å². The van der Waals surface area contributed by atoms with E-state index in [1.54, 1.807) is 0 Å². The quantitative estimate of drug-likeness (QED) is 0.819. The molecule has 1 amide bonds. The van der Waals surface area contributed by atoms with Gasteiger partial charge in [0.2, 0.25) is 5.91 Å². The van der Waals surface area contributed by atoms with Gasteiger partial charge in [-0.2, -0.15) is 0 Å². The van der Waals surface area contributed by atoms with Gasteiger partial charge in [-0.25, -0.2) is 0 Å². The van der Waals surface area contributed by atoms with Crippen molar-refractivity contribution in [2.45, 2.75) is 4.90 Å². The van der Waals surface area contributed by atoms with E-state index in [0.29, 0.717) is 24.0 Å². The molecule has 1 heterocycles. The lowest BCUT2D eigenvalue weighted by atomic mass is 10.2. The van der Waals surface area contributed by atoms with Gasteiger partial charge in [-0.15, -0.1) is 11.8 Å². The van der Waals surface area contributed by atoms with Gasteiger partial charge >= 0.3 is 0 Å². The van der Waals surface area contributed by atoms with E-state index in [0.717, 1.165) is 29.4 Å². The lowest BCUT2D eigenvalue weighted by molar-refractivity contribution is -0.113. The number of carbonyl (C=O) groups excluding carboxylic acids is 1. The number of thioether (sulfide) groups is 1. The van der Waals surface area contributed by atoms with Crippen LogP contribution in [0.2, 0.25) is 5.02 Å². The molecule has 3 rings (SSSR count). The van der Waals surface area contributed by atoms with Gasteiger partial charge in [-0.1, -0.05) is 23.7 Å². The summed E-state index contributed by atoms with van der Waals surface area (Å²) in [5, 5.41) is 3.72. The second-order valence-electron chi connectivity index (χ2n) is 5.41. The molecule has 2 aromatic rings. The van der Waals surface area contributed by atoms with Crippen LogP contribution in [0, 0.1) is 0 Å². The van der Waals surface area contributed by atoms with E-state index in [1.165, 1.54) is 11.8 Å². The van der Waals surface area contributed by atoms with E-state index < -0.39 is 0 Å². The number of anilines is 2. The Bertz CT molecular complexity index is 688. The molecule has 1 aliphatic heterocycles. The maximum atomic E-state index is 12.3. The van der Waals surface area contributed by atoms with Crippen molar-refractivity contribution in [1.29, 1.82) is 0 Å². The minimum atomic E-state index is -0.0179. The van der Waals surface area contributed by atoms with E-state index in [4.69, 9.17) is 16.3 Å². The Morgan fingerprint density at radius 1 is 1.12 bits per heavy atom. The highest BCUT2D eigenvalue weighted by molar-refractivity contribution is 8.00. The zero-order valence-corrected chi connectivity index (χ0v) is 14.8. The fourth-order valence-corrected chi connectivity index (χ4v) is 3.35. The smallest absolute Gasteiger partial charge is 0.234 e. The minimum Gasteiger partial charge on any atom is -0.378 e. The molecule has 1 aliphatic rings. The van der Waals surface area contributed by atoms with Gasteiger partial charge in [0.15, 0.2) is 0 Å². The number of morpholine rings is 1. The van der Waals surface area contributed by atoms with Gasteiger partial charge in [-0.05, 0) is 36.4 Å². The van der Waals surface area contributed by atoms with Gasteiger partial charge in [0.25, 0.3) is 0 Å². The monoisotopic (exact) mass is 362 g/mol. The molecule has 1 fully saturated rings. The number of nitrogens with one attached hydrogen (secondary N) is 1. The Hall–Kier alpha value is -1.69. The molecular formula is C18H19ClN2O2S. The van der Waals surface area contributed by atoms with E-state index in [1.807, 2.05) is 48.5 Å². The second-order valence-corrected chi connectivity index (χ2v) is 6.89. The van der Waals surface area contributed by atoms with E-state index in [2.05, 4.69) is 10.2 Å². The van der Waals surface area contributed by atoms with Crippen LogP contribution in [0.3, 0.4) is 0 Å². The number of nitrogens with zero attached hydrogens (tertiary/aromatic N) is 1. The summed E-state index contributed by atoms with van der Waals surface area (Å²) in [6.45, 7) is 3.11.